The Balaban J connectivity index is 2.11. The number of hydrogen-bond donors (Lipinski definition) is 0. The highest BCUT2D eigenvalue weighted by Crippen LogP contribution is 2.29. The number of anilines is 1. The lowest BCUT2D eigenvalue weighted by Gasteiger charge is -2.38. The molecule has 2 rings (SSSR count). The van der Waals surface area contributed by atoms with Gasteiger partial charge in [-0.25, -0.2) is 0 Å². The van der Waals surface area contributed by atoms with Crippen LogP contribution in [0.1, 0.15) is 25.3 Å². The summed E-state index contributed by atoms with van der Waals surface area (Å²) in [6, 6.07) is 6.99. The van der Waals surface area contributed by atoms with Gasteiger partial charge in [0.25, 0.3) is 0 Å². The van der Waals surface area contributed by atoms with Crippen LogP contribution in [0.3, 0.4) is 0 Å². The molecule has 0 aliphatic carbocycles. The molecular formula is C15H22BrClN2. The van der Waals surface area contributed by atoms with Gasteiger partial charge in [0.05, 0.1) is 0 Å². The zero-order chi connectivity index (χ0) is 13.8. The first-order valence-electron chi connectivity index (χ1n) is 6.95. The first-order chi connectivity index (χ1) is 9.15. The maximum atomic E-state index is 6.06. The van der Waals surface area contributed by atoms with E-state index in [1.165, 1.54) is 43.7 Å². The molecule has 2 nitrogen and oxygen atoms in total. The van der Waals surface area contributed by atoms with E-state index in [-0.39, 0.29) is 0 Å². The van der Waals surface area contributed by atoms with E-state index in [1.54, 1.807) is 0 Å². The van der Waals surface area contributed by atoms with Gasteiger partial charge in [0.1, 0.15) is 0 Å². The SMILES string of the molecule is CCN1CCC(N(C)c2cc(Br)ccc2CCl)CC1. The fourth-order valence-electron chi connectivity index (χ4n) is 2.80. The van der Waals surface area contributed by atoms with Gasteiger partial charge in [0.2, 0.25) is 0 Å². The molecule has 0 saturated carbocycles. The Morgan fingerprint density at radius 2 is 2.05 bits per heavy atom. The summed E-state index contributed by atoms with van der Waals surface area (Å²) in [5.41, 5.74) is 2.48. The second-order valence-electron chi connectivity index (χ2n) is 5.18. The lowest BCUT2D eigenvalue weighted by atomic mass is 10.0. The van der Waals surface area contributed by atoms with Crippen molar-refractivity contribution in [2.45, 2.75) is 31.7 Å². The first kappa shape index (κ1) is 15.1. The van der Waals surface area contributed by atoms with Crippen molar-refractivity contribution in [2.24, 2.45) is 0 Å². The van der Waals surface area contributed by atoms with Gasteiger partial charge in [-0.3, -0.25) is 0 Å². The summed E-state index contributed by atoms with van der Waals surface area (Å²) >= 11 is 9.62. The van der Waals surface area contributed by atoms with Gasteiger partial charge < -0.3 is 9.80 Å². The average Bonchev–Trinajstić information content (AvgIpc) is 2.46. The molecule has 1 fully saturated rings. The van der Waals surface area contributed by atoms with Crippen molar-refractivity contribution in [2.75, 3.05) is 31.6 Å². The molecule has 19 heavy (non-hydrogen) atoms. The quantitative estimate of drug-likeness (QED) is 0.758. The second kappa shape index (κ2) is 6.96. The molecule has 0 radical (unpaired) electrons. The molecule has 0 N–H and O–H groups in total. The molecule has 1 saturated heterocycles. The Morgan fingerprint density at radius 1 is 1.37 bits per heavy atom. The van der Waals surface area contributed by atoms with Gasteiger partial charge in [-0.15, -0.1) is 11.6 Å². The largest absolute Gasteiger partial charge is 0.371 e. The average molecular weight is 346 g/mol. The fraction of sp³-hybridized carbons (Fsp3) is 0.600. The van der Waals surface area contributed by atoms with Crippen molar-refractivity contribution < 1.29 is 0 Å². The fourth-order valence-corrected chi connectivity index (χ4v) is 3.37. The molecule has 0 aromatic heterocycles. The van der Waals surface area contributed by atoms with Crippen LogP contribution in [0.25, 0.3) is 0 Å². The minimum atomic E-state index is 0.570. The van der Waals surface area contributed by atoms with E-state index < -0.39 is 0 Å². The van der Waals surface area contributed by atoms with E-state index in [2.05, 4.69) is 57.9 Å². The van der Waals surface area contributed by atoms with Crippen LogP contribution >= 0.6 is 27.5 Å². The summed E-state index contributed by atoms with van der Waals surface area (Å²) < 4.78 is 1.12. The number of hydrogen-bond acceptors (Lipinski definition) is 2. The van der Waals surface area contributed by atoms with Crippen molar-refractivity contribution in [3.05, 3.63) is 28.2 Å². The third-order valence-corrected chi connectivity index (χ3v) is 4.90. The molecule has 0 bridgehead atoms. The van der Waals surface area contributed by atoms with Crippen LogP contribution in [-0.4, -0.2) is 37.6 Å². The van der Waals surface area contributed by atoms with Crippen LogP contribution in [0, 0.1) is 0 Å². The second-order valence-corrected chi connectivity index (χ2v) is 6.37. The summed E-state index contributed by atoms with van der Waals surface area (Å²) in [6.07, 6.45) is 2.47. The van der Waals surface area contributed by atoms with Gasteiger partial charge >= 0.3 is 0 Å². The number of rotatable bonds is 4. The zero-order valence-electron chi connectivity index (χ0n) is 11.7. The zero-order valence-corrected chi connectivity index (χ0v) is 14.0. The van der Waals surface area contributed by atoms with Gasteiger partial charge in [0.15, 0.2) is 0 Å². The van der Waals surface area contributed by atoms with E-state index in [0.29, 0.717) is 11.9 Å². The van der Waals surface area contributed by atoms with E-state index in [9.17, 15) is 0 Å². The Kier molecular flexibility index (Phi) is 5.55. The van der Waals surface area contributed by atoms with Crippen molar-refractivity contribution in [1.82, 2.24) is 4.90 Å². The van der Waals surface area contributed by atoms with Crippen molar-refractivity contribution in [3.63, 3.8) is 0 Å². The molecule has 1 aliphatic rings. The molecule has 1 aromatic rings. The standard InChI is InChI=1S/C15H22BrClN2/c1-3-19-8-6-14(7-9-19)18(2)15-10-13(16)5-4-12(15)11-17/h4-5,10,14H,3,6-9,11H2,1-2H3. The lowest BCUT2D eigenvalue weighted by molar-refractivity contribution is 0.221. The Bertz CT molecular complexity index is 417. The van der Waals surface area contributed by atoms with Crippen LogP contribution in [0.4, 0.5) is 5.69 Å². The van der Waals surface area contributed by atoms with Crippen LogP contribution < -0.4 is 4.90 Å². The monoisotopic (exact) mass is 344 g/mol. The number of benzene rings is 1. The molecule has 4 heteroatoms. The highest BCUT2D eigenvalue weighted by molar-refractivity contribution is 9.10. The number of likely N-dealkylation sites (tertiary alicyclic amines) is 1. The van der Waals surface area contributed by atoms with E-state index in [0.717, 1.165) is 4.47 Å². The van der Waals surface area contributed by atoms with E-state index in [1.807, 2.05) is 0 Å². The lowest BCUT2D eigenvalue weighted by Crippen LogP contribution is -2.43. The summed E-state index contributed by atoms with van der Waals surface area (Å²) in [5.74, 6) is 0.570. The number of piperidine rings is 1. The van der Waals surface area contributed by atoms with Crippen molar-refractivity contribution in [3.8, 4) is 0 Å². The molecule has 0 unspecified atom stereocenters. The molecule has 1 aliphatic heterocycles. The third kappa shape index (κ3) is 3.65. The molecular weight excluding hydrogens is 324 g/mol. The molecule has 0 amide bonds. The van der Waals surface area contributed by atoms with Gasteiger partial charge in [0, 0.05) is 42.2 Å². The van der Waals surface area contributed by atoms with Crippen LogP contribution in [0.15, 0.2) is 22.7 Å². The molecule has 0 spiro atoms. The Hall–Kier alpha value is -0.250. The predicted octanol–water partition coefficient (Wildman–Crippen LogP) is 4.11. The first-order valence-corrected chi connectivity index (χ1v) is 8.28. The summed E-state index contributed by atoms with van der Waals surface area (Å²) in [4.78, 5) is 4.93. The van der Waals surface area contributed by atoms with E-state index in [4.69, 9.17) is 11.6 Å². The van der Waals surface area contributed by atoms with Gasteiger partial charge in [-0.05, 0) is 37.1 Å². The van der Waals surface area contributed by atoms with Crippen molar-refractivity contribution >= 4 is 33.2 Å². The summed E-state index contributed by atoms with van der Waals surface area (Å²) in [6.45, 7) is 5.82. The van der Waals surface area contributed by atoms with Crippen LogP contribution in [0.2, 0.25) is 0 Å². The third-order valence-electron chi connectivity index (χ3n) is 4.12. The molecule has 1 aromatic carbocycles. The van der Waals surface area contributed by atoms with E-state index >= 15 is 0 Å². The Morgan fingerprint density at radius 3 is 2.63 bits per heavy atom. The highest BCUT2D eigenvalue weighted by Gasteiger charge is 2.23. The normalized spacial score (nSPS) is 17.7. The minimum Gasteiger partial charge on any atom is -0.371 e. The molecule has 106 valence electrons. The van der Waals surface area contributed by atoms with Gasteiger partial charge in [-0.2, -0.15) is 0 Å². The minimum absolute atomic E-state index is 0.570. The maximum absolute atomic E-state index is 6.06. The van der Waals surface area contributed by atoms with Gasteiger partial charge in [-0.1, -0.05) is 28.9 Å². The smallest absolute Gasteiger partial charge is 0.0494 e. The van der Waals surface area contributed by atoms with Crippen molar-refractivity contribution in [1.29, 1.82) is 0 Å². The highest BCUT2D eigenvalue weighted by atomic mass is 79.9. The number of alkyl halides is 1. The van der Waals surface area contributed by atoms with Crippen LogP contribution in [-0.2, 0) is 5.88 Å². The number of nitrogens with zero attached hydrogens (tertiary/aromatic N) is 2. The maximum Gasteiger partial charge on any atom is 0.0494 e. The number of halogens is 2. The summed E-state index contributed by atoms with van der Waals surface area (Å²) in [7, 11) is 2.20. The topological polar surface area (TPSA) is 6.48 Å². The molecule has 1 heterocycles. The summed E-state index contributed by atoms with van der Waals surface area (Å²) in [5, 5.41) is 0. The predicted molar refractivity (Wildman–Crippen MR) is 87.2 cm³/mol. The Labute approximate surface area is 129 Å². The molecule has 0 atom stereocenters. The van der Waals surface area contributed by atoms with Crippen LogP contribution in [0.5, 0.6) is 0 Å².